The SMILES string of the molecule is CC(F)(F)CNC(=O)N[C@](Cc1ccccc1)(c1ccc(F)cc1)c1cc(F)cc(OC(F)(F)C(F)F)c1. The molecule has 2 amide bonds. The molecule has 2 N–H and O–H groups in total. The number of carbonyl (C=O) groups is 1. The third kappa shape index (κ3) is 7.36. The van der Waals surface area contributed by atoms with E-state index in [4.69, 9.17) is 0 Å². The summed E-state index contributed by atoms with van der Waals surface area (Å²) in [6, 6.07) is 13.5. The van der Waals surface area contributed by atoms with Crippen molar-refractivity contribution >= 4 is 6.03 Å². The number of benzene rings is 3. The van der Waals surface area contributed by atoms with Crippen LogP contribution in [0.1, 0.15) is 23.6 Å². The van der Waals surface area contributed by atoms with Crippen LogP contribution >= 0.6 is 0 Å². The van der Waals surface area contributed by atoms with Crippen molar-refractivity contribution in [1.29, 1.82) is 0 Å². The first-order valence-electron chi connectivity index (χ1n) is 11.1. The van der Waals surface area contributed by atoms with Crippen molar-refractivity contribution in [3.8, 4) is 5.75 Å². The van der Waals surface area contributed by atoms with Crippen molar-refractivity contribution in [3.05, 3.63) is 101 Å². The molecule has 0 aliphatic rings. The smallest absolute Gasteiger partial charge is 0.428 e. The number of hydrogen-bond donors (Lipinski definition) is 2. The Morgan fingerprint density at radius 2 is 1.50 bits per heavy atom. The molecule has 0 radical (unpaired) electrons. The van der Waals surface area contributed by atoms with E-state index < -0.39 is 54.0 Å². The first-order chi connectivity index (χ1) is 17.7. The monoisotopic (exact) mass is 546 g/mol. The van der Waals surface area contributed by atoms with E-state index in [1.54, 1.807) is 30.3 Å². The maximum absolute atomic E-state index is 14.7. The Balaban J connectivity index is 2.21. The van der Waals surface area contributed by atoms with E-state index in [-0.39, 0.29) is 17.5 Å². The molecule has 12 heteroatoms. The molecule has 0 heterocycles. The molecule has 0 aliphatic carbocycles. The van der Waals surface area contributed by atoms with Gasteiger partial charge in [0.1, 0.15) is 17.4 Å². The molecule has 0 bridgehead atoms. The fourth-order valence-electron chi connectivity index (χ4n) is 3.74. The normalized spacial score (nSPS) is 13.6. The summed E-state index contributed by atoms with van der Waals surface area (Å²) in [7, 11) is 0. The van der Waals surface area contributed by atoms with E-state index in [0.29, 0.717) is 18.6 Å². The van der Waals surface area contributed by atoms with Gasteiger partial charge in [0.25, 0.3) is 5.92 Å². The van der Waals surface area contributed by atoms with Gasteiger partial charge in [-0.3, -0.25) is 0 Å². The van der Waals surface area contributed by atoms with Gasteiger partial charge in [-0.15, -0.1) is 0 Å². The lowest BCUT2D eigenvalue weighted by Crippen LogP contribution is -2.53. The summed E-state index contributed by atoms with van der Waals surface area (Å²) in [5.74, 6) is -6.16. The molecule has 0 aliphatic heterocycles. The molecule has 1 atom stereocenters. The number of amides is 2. The molecule has 0 aromatic heterocycles. The van der Waals surface area contributed by atoms with Crippen molar-refractivity contribution in [2.45, 2.75) is 37.3 Å². The van der Waals surface area contributed by atoms with E-state index in [1.807, 2.05) is 5.32 Å². The average Bonchev–Trinajstić information content (AvgIpc) is 2.82. The van der Waals surface area contributed by atoms with Crippen LogP contribution in [0.15, 0.2) is 72.8 Å². The minimum Gasteiger partial charge on any atom is -0.428 e. The Hall–Kier alpha value is -3.83. The molecule has 3 aromatic rings. The van der Waals surface area contributed by atoms with Crippen LogP contribution < -0.4 is 15.4 Å². The molecule has 0 unspecified atom stereocenters. The number of urea groups is 1. The van der Waals surface area contributed by atoms with Crippen molar-refractivity contribution in [2.75, 3.05) is 6.54 Å². The van der Waals surface area contributed by atoms with E-state index in [2.05, 4.69) is 10.1 Å². The predicted octanol–water partition coefficient (Wildman–Crippen LogP) is 6.64. The maximum atomic E-state index is 14.7. The number of rotatable bonds is 10. The van der Waals surface area contributed by atoms with Gasteiger partial charge in [0, 0.05) is 19.4 Å². The second kappa shape index (κ2) is 11.3. The zero-order valence-electron chi connectivity index (χ0n) is 19.8. The highest BCUT2D eigenvalue weighted by Gasteiger charge is 2.45. The average molecular weight is 546 g/mol. The van der Waals surface area contributed by atoms with Crippen molar-refractivity contribution in [1.82, 2.24) is 10.6 Å². The van der Waals surface area contributed by atoms with Gasteiger partial charge < -0.3 is 15.4 Å². The van der Waals surface area contributed by atoms with Crippen LogP contribution in [0.4, 0.5) is 39.9 Å². The van der Waals surface area contributed by atoms with E-state index >= 15 is 0 Å². The van der Waals surface area contributed by atoms with Crippen LogP contribution in [0.2, 0.25) is 0 Å². The van der Waals surface area contributed by atoms with Crippen LogP contribution in [0.3, 0.4) is 0 Å². The maximum Gasteiger partial charge on any atom is 0.461 e. The highest BCUT2D eigenvalue weighted by atomic mass is 19.3. The number of halogens is 8. The zero-order chi connectivity index (χ0) is 28.1. The summed E-state index contributed by atoms with van der Waals surface area (Å²) in [6.07, 6.45) is -9.43. The Morgan fingerprint density at radius 3 is 2.08 bits per heavy atom. The Labute approximate surface area is 212 Å². The molecule has 4 nitrogen and oxygen atoms in total. The summed E-state index contributed by atoms with van der Waals surface area (Å²) in [4.78, 5) is 12.8. The first kappa shape index (κ1) is 28.7. The standard InChI is InChI=1S/C26H22F8N2O2/c1-24(31,32)15-35-23(37)36-25(14-16-5-3-2-4-6-16,17-7-9-19(27)10-8-17)18-11-20(28)13-21(12-18)38-26(33,34)22(29)30/h2-13,22H,14-15H2,1H3,(H2,35,36,37)/t25-/m1/s1. The van der Waals surface area contributed by atoms with E-state index in [0.717, 1.165) is 24.3 Å². The lowest BCUT2D eigenvalue weighted by molar-refractivity contribution is -0.253. The highest BCUT2D eigenvalue weighted by molar-refractivity contribution is 5.76. The van der Waals surface area contributed by atoms with Crippen LogP contribution in [0.25, 0.3) is 0 Å². The van der Waals surface area contributed by atoms with Gasteiger partial charge in [0.05, 0.1) is 12.1 Å². The molecule has 0 fully saturated rings. The van der Waals surface area contributed by atoms with Gasteiger partial charge in [-0.05, 0) is 41.0 Å². The zero-order valence-corrected chi connectivity index (χ0v) is 19.8. The summed E-state index contributed by atoms with van der Waals surface area (Å²) >= 11 is 0. The summed E-state index contributed by atoms with van der Waals surface area (Å²) in [5, 5.41) is 4.46. The van der Waals surface area contributed by atoms with Crippen LogP contribution in [0.5, 0.6) is 5.75 Å². The minimum absolute atomic E-state index is 0.0957. The van der Waals surface area contributed by atoms with Gasteiger partial charge in [-0.25, -0.2) is 22.4 Å². The fourth-order valence-corrected chi connectivity index (χ4v) is 3.74. The molecule has 3 aromatic carbocycles. The van der Waals surface area contributed by atoms with Crippen LogP contribution in [-0.4, -0.2) is 31.0 Å². The Kier molecular flexibility index (Phi) is 8.53. The fraction of sp³-hybridized carbons (Fsp3) is 0.269. The van der Waals surface area contributed by atoms with Crippen LogP contribution in [0, 0.1) is 11.6 Å². The van der Waals surface area contributed by atoms with Crippen molar-refractivity contribution in [3.63, 3.8) is 0 Å². The number of nitrogens with one attached hydrogen (secondary N) is 2. The highest BCUT2D eigenvalue weighted by Crippen LogP contribution is 2.38. The molecule has 0 saturated carbocycles. The lowest BCUT2D eigenvalue weighted by atomic mass is 9.77. The van der Waals surface area contributed by atoms with Gasteiger partial charge in [0.15, 0.2) is 0 Å². The summed E-state index contributed by atoms with van der Waals surface area (Å²) in [5.41, 5.74) is -1.57. The third-order valence-electron chi connectivity index (χ3n) is 5.41. The molecule has 0 spiro atoms. The largest absolute Gasteiger partial charge is 0.461 e. The minimum atomic E-state index is -4.97. The number of alkyl halides is 6. The number of carbonyl (C=O) groups excluding carboxylic acids is 1. The molecule has 38 heavy (non-hydrogen) atoms. The second-order valence-electron chi connectivity index (χ2n) is 8.59. The molecule has 3 rings (SSSR count). The number of hydrogen-bond acceptors (Lipinski definition) is 2. The Morgan fingerprint density at radius 1 is 0.868 bits per heavy atom. The molecular formula is C26H22F8N2O2. The molecular weight excluding hydrogens is 524 g/mol. The summed E-state index contributed by atoms with van der Waals surface area (Å²) < 4.78 is 112. The van der Waals surface area contributed by atoms with Crippen LogP contribution in [-0.2, 0) is 12.0 Å². The third-order valence-corrected chi connectivity index (χ3v) is 5.41. The predicted molar refractivity (Wildman–Crippen MR) is 122 cm³/mol. The molecule has 0 saturated heterocycles. The quantitative estimate of drug-likeness (QED) is 0.280. The van der Waals surface area contributed by atoms with Gasteiger partial charge in [-0.1, -0.05) is 42.5 Å². The van der Waals surface area contributed by atoms with Gasteiger partial charge >= 0.3 is 18.6 Å². The molecule has 204 valence electrons. The Bertz CT molecular complexity index is 1230. The topological polar surface area (TPSA) is 50.4 Å². The van der Waals surface area contributed by atoms with Crippen molar-refractivity contribution < 1.29 is 44.7 Å². The first-order valence-corrected chi connectivity index (χ1v) is 11.1. The van der Waals surface area contributed by atoms with E-state index in [1.165, 1.54) is 12.1 Å². The van der Waals surface area contributed by atoms with Crippen molar-refractivity contribution in [2.24, 2.45) is 0 Å². The number of ether oxygens (including phenoxy) is 1. The van der Waals surface area contributed by atoms with Gasteiger partial charge in [0.2, 0.25) is 0 Å². The van der Waals surface area contributed by atoms with Gasteiger partial charge in [-0.2, -0.15) is 17.6 Å². The second-order valence-corrected chi connectivity index (χ2v) is 8.59. The lowest BCUT2D eigenvalue weighted by Gasteiger charge is -2.37. The van der Waals surface area contributed by atoms with E-state index in [9.17, 15) is 39.9 Å². The summed E-state index contributed by atoms with van der Waals surface area (Å²) in [6.45, 7) is -0.522.